The molecule has 0 radical (unpaired) electrons. The maximum absolute atomic E-state index is 12.1. The smallest absolute Gasteiger partial charge is 0.224 e. The van der Waals surface area contributed by atoms with Gasteiger partial charge in [-0.05, 0) is 50.6 Å². The fourth-order valence-corrected chi connectivity index (χ4v) is 2.87. The van der Waals surface area contributed by atoms with Gasteiger partial charge in [0.15, 0.2) is 5.96 Å². The third-order valence-corrected chi connectivity index (χ3v) is 4.55. The molecule has 0 aliphatic rings. The van der Waals surface area contributed by atoms with Gasteiger partial charge in [0.1, 0.15) is 12.4 Å². The van der Waals surface area contributed by atoms with Crippen LogP contribution in [0.5, 0.6) is 5.75 Å². The average molecular weight is 539 g/mol. The Labute approximate surface area is 202 Å². The minimum Gasteiger partial charge on any atom is -0.487 e. The quantitative estimate of drug-likeness (QED) is 0.259. The first-order chi connectivity index (χ1) is 14.7. The largest absolute Gasteiger partial charge is 0.487 e. The molecule has 8 heteroatoms. The summed E-state index contributed by atoms with van der Waals surface area (Å²) in [5, 5.41) is 6.45. The standard InChI is InChI=1S/C23H33N5O2.HI/c1-4-24-23(26-16-14-22(29)28(5-2)6-3)27-17-19-10-12-21(13-11-19)30-18-20-9-7-8-15-25-20;/h7-13,15H,4-6,14,16-18H2,1-3H3,(H2,24,26,27);1H. The second-order valence-electron chi connectivity index (χ2n) is 6.69. The molecule has 1 amide bonds. The minimum atomic E-state index is 0. The van der Waals surface area contributed by atoms with Crippen molar-refractivity contribution in [3.8, 4) is 5.75 Å². The zero-order chi connectivity index (χ0) is 21.6. The van der Waals surface area contributed by atoms with Gasteiger partial charge >= 0.3 is 0 Å². The van der Waals surface area contributed by atoms with Gasteiger partial charge < -0.3 is 20.3 Å². The summed E-state index contributed by atoms with van der Waals surface area (Å²) >= 11 is 0. The Hall–Kier alpha value is -2.36. The predicted octanol–water partition coefficient (Wildman–Crippen LogP) is 3.59. The van der Waals surface area contributed by atoms with Crippen LogP contribution in [0.4, 0.5) is 0 Å². The van der Waals surface area contributed by atoms with Crippen molar-refractivity contribution >= 4 is 35.8 Å². The lowest BCUT2D eigenvalue weighted by molar-refractivity contribution is -0.130. The second kappa shape index (κ2) is 15.4. The molecule has 0 bridgehead atoms. The zero-order valence-corrected chi connectivity index (χ0v) is 21.0. The lowest BCUT2D eigenvalue weighted by Gasteiger charge is -2.19. The van der Waals surface area contributed by atoms with Gasteiger partial charge in [0.25, 0.3) is 0 Å². The maximum atomic E-state index is 12.1. The number of carbonyl (C=O) groups excluding carboxylic acids is 1. The third kappa shape index (κ3) is 9.99. The van der Waals surface area contributed by atoms with Crippen molar-refractivity contribution in [3.63, 3.8) is 0 Å². The van der Waals surface area contributed by atoms with Crippen LogP contribution < -0.4 is 15.4 Å². The molecule has 1 heterocycles. The number of guanidine groups is 1. The molecule has 0 saturated heterocycles. The molecule has 1 aromatic carbocycles. The number of nitrogens with zero attached hydrogens (tertiary/aromatic N) is 3. The summed E-state index contributed by atoms with van der Waals surface area (Å²) in [6.45, 7) is 9.79. The van der Waals surface area contributed by atoms with Crippen molar-refractivity contribution in [1.82, 2.24) is 20.5 Å². The van der Waals surface area contributed by atoms with Gasteiger partial charge in [-0.3, -0.25) is 9.78 Å². The van der Waals surface area contributed by atoms with Crippen LogP contribution in [0.15, 0.2) is 53.7 Å². The number of nitrogens with one attached hydrogen (secondary N) is 2. The number of halogens is 1. The number of aromatic nitrogens is 1. The highest BCUT2D eigenvalue weighted by Gasteiger charge is 2.09. The van der Waals surface area contributed by atoms with E-state index < -0.39 is 0 Å². The number of hydrogen-bond donors (Lipinski definition) is 2. The Morgan fingerprint density at radius 1 is 1.06 bits per heavy atom. The molecule has 0 spiro atoms. The summed E-state index contributed by atoms with van der Waals surface area (Å²) in [5.41, 5.74) is 1.98. The topological polar surface area (TPSA) is 78.9 Å². The van der Waals surface area contributed by atoms with E-state index in [0.717, 1.165) is 36.6 Å². The van der Waals surface area contributed by atoms with Gasteiger partial charge in [0.05, 0.1) is 12.2 Å². The fraction of sp³-hybridized carbons (Fsp3) is 0.435. The summed E-state index contributed by atoms with van der Waals surface area (Å²) in [6, 6.07) is 13.7. The minimum absolute atomic E-state index is 0. The second-order valence-corrected chi connectivity index (χ2v) is 6.69. The van der Waals surface area contributed by atoms with Crippen molar-refractivity contribution in [2.45, 2.75) is 40.3 Å². The monoisotopic (exact) mass is 539 g/mol. The van der Waals surface area contributed by atoms with Gasteiger partial charge in [-0.25, -0.2) is 4.99 Å². The van der Waals surface area contributed by atoms with E-state index in [2.05, 4.69) is 20.6 Å². The lowest BCUT2D eigenvalue weighted by atomic mass is 10.2. The van der Waals surface area contributed by atoms with E-state index in [0.29, 0.717) is 32.1 Å². The predicted molar refractivity (Wildman–Crippen MR) is 136 cm³/mol. The van der Waals surface area contributed by atoms with E-state index >= 15 is 0 Å². The SMILES string of the molecule is CCNC(=NCc1ccc(OCc2ccccn2)cc1)NCCC(=O)N(CC)CC.I. The van der Waals surface area contributed by atoms with Crippen molar-refractivity contribution < 1.29 is 9.53 Å². The summed E-state index contributed by atoms with van der Waals surface area (Å²) in [4.78, 5) is 22.8. The molecule has 1 aromatic heterocycles. The number of rotatable bonds is 11. The Kier molecular flexibility index (Phi) is 13.3. The Morgan fingerprint density at radius 2 is 1.81 bits per heavy atom. The summed E-state index contributed by atoms with van der Waals surface area (Å²) < 4.78 is 5.77. The molecule has 0 aliphatic carbocycles. The van der Waals surface area contributed by atoms with Gasteiger partial charge in [0, 0.05) is 38.8 Å². The number of benzene rings is 1. The van der Waals surface area contributed by atoms with Crippen molar-refractivity contribution in [3.05, 3.63) is 59.9 Å². The lowest BCUT2D eigenvalue weighted by Crippen LogP contribution is -2.40. The number of amides is 1. The summed E-state index contributed by atoms with van der Waals surface area (Å²) in [7, 11) is 0. The van der Waals surface area contributed by atoms with Crippen LogP contribution >= 0.6 is 24.0 Å². The van der Waals surface area contributed by atoms with E-state index in [9.17, 15) is 4.79 Å². The van der Waals surface area contributed by atoms with Crippen LogP contribution in [0, 0.1) is 0 Å². The molecular weight excluding hydrogens is 505 g/mol. The zero-order valence-electron chi connectivity index (χ0n) is 18.6. The number of carbonyl (C=O) groups is 1. The average Bonchev–Trinajstić information content (AvgIpc) is 2.78. The van der Waals surface area contributed by atoms with Crippen LogP contribution in [0.25, 0.3) is 0 Å². The molecule has 0 fully saturated rings. The van der Waals surface area contributed by atoms with Crippen LogP contribution in [0.1, 0.15) is 38.4 Å². The highest BCUT2D eigenvalue weighted by atomic mass is 127. The van der Waals surface area contributed by atoms with Crippen molar-refractivity contribution in [2.75, 3.05) is 26.2 Å². The molecule has 0 saturated carbocycles. The third-order valence-electron chi connectivity index (χ3n) is 4.55. The molecular formula is C23H34IN5O2. The molecule has 7 nitrogen and oxygen atoms in total. The van der Waals surface area contributed by atoms with Crippen molar-refractivity contribution in [2.24, 2.45) is 4.99 Å². The van der Waals surface area contributed by atoms with E-state index in [1.165, 1.54) is 0 Å². The van der Waals surface area contributed by atoms with Gasteiger partial charge in [0.2, 0.25) is 5.91 Å². The molecule has 2 aromatic rings. The Bertz CT molecular complexity index is 780. The molecule has 2 N–H and O–H groups in total. The number of pyridine rings is 1. The van der Waals surface area contributed by atoms with Gasteiger partial charge in [-0.1, -0.05) is 18.2 Å². The molecule has 2 rings (SSSR count). The van der Waals surface area contributed by atoms with Crippen LogP contribution in [0.2, 0.25) is 0 Å². The Morgan fingerprint density at radius 3 is 2.42 bits per heavy atom. The molecule has 31 heavy (non-hydrogen) atoms. The van der Waals surface area contributed by atoms with E-state index in [1.807, 2.05) is 68.1 Å². The number of hydrogen-bond acceptors (Lipinski definition) is 4. The summed E-state index contributed by atoms with van der Waals surface area (Å²) in [6.07, 6.45) is 2.21. The molecule has 0 unspecified atom stereocenters. The Balaban J connectivity index is 0.00000480. The van der Waals surface area contributed by atoms with Crippen molar-refractivity contribution in [1.29, 1.82) is 0 Å². The summed E-state index contributed by atoms with van der Waals surface area (Å²) in [5.74, 6) is 1.67. The first-order valence-electron chi connectivity index (χ1n) is 10.6. The van der Waals surface area contributed by atoms with Crippen LogP contribution in [-0.2, 0) is 17.9 Å². The molecule has 170 valence electrons. The number of ether oxygens (including phenoxy) is 1. The maximum Gasteiger partial charge on any atom is 0.224 e. The van der Waals surface area contributed by atoms with E-state index in [1.54, 1.807) is 6.20 Å². The van der Waals surface area contributed by atoms with Crippen LogP contribution in [-0.4, -0.2) is 47.9 Å². The van der Waals surface area contributed by atoms with E-state index in [4.69, 9.17) is 4.74 Å². The molecule has 0 atom stereocenters. The van der Waals surface area contributed by atoms with E-state index in [-0.39, 0.29) is 29.9 Å². The van der Waals surface area contributed by atoms with Gasteiger partial charge in [-0.2, -0.15) is 0 Å². The van der Waals surface area contributed by atoms with Crippen LogP contribution in [0.3, 0.4) is 0 Å². The normalized spacial score (nSPS) is 10.7. The highest BCUT2D eigenvalue weighted by Crippen LogP contribution is 2.14. The first-order valence-corrected chi connectivity index (χ1v) is 10.6. The van der Waals surface area contributed by atoms with Gasteiger partial charge in [-0.15, -0.1) is 24.0 Å². The highest BCUT2D eigenvalue weighted by molar-refractivity contribution is 14.0. The molecule has 0 aliphatic heterocycles. The number of aliphatic imine (C=N–C) groups is 1. The first kappa shape index (κ1) is 26.7. The fourth-order valence-electron chi connectivity index (χ4n) is 2.87.